The molecule has 7 nitrogen and oxygen atoms in total. The van der Waals surface area contributed by atoms with Crippen molar-refractivity contribution in [1.82, 2.24) is 5.43 Å². The van der Waals surface area contributed by atoms with Crippen LogP contribution >= 0.6 is 0 Å². The molecule has 0 radical (unpaired) electrons. The Balaban J connectivity index is 1.49. The van der Waals surface area contributed by atoms with Gasteiger partial charge in [-0.05, 0) is 35.9 Å². The van der Waals surface area contributed by atoms with E-state index in [4.69, 9.17) is 14.2 Å². The fraction of sp³-hybridized carbons (Fsp3) is 0.120. The number of anilines is 1. The molecular weight excluding hydrogens is 406 g/mol. The monoisotopic (exact) mass is 429 g/mol. The maximum atomic E-state index is 12.4. The van der Waals surface area contributed by atoms with Crippen molar-refractivity contribution in [1.29, 1.82) is 0 Å². The molecule has 0 unspecified atom stereocenters. The first-order valence-corrected chi connectivity index (χ1v) is 10.0. The van der Waals surface area contributed by atoms with Gasteiger partial charge in [-0.1, -0.05) is 36.4 Å². The van der Waals surface area contributed by atoms with E-state index in [2.05, 4.69) is 15.8 Å². The Morgan fingerprint density at radius 2 is 1.75 bits per heavy atom. The number of hydrogen-bond acceptors (Lipinski definition) is 6. The molecule has 0 fully saturated rings. The summed E-state index contributed by atoms with van der Waals surface area (Å²) in [5, 5.41) is 7.35. The second-order valence-corrected chi connectivity index (χ2v) is 6.98. The number of amides is 1. The van der Waals surface area contributed by atoms with Crippen LogP contribution < -0.4 is 25.0 Å². The molecule has 4 rings (SSSR count). The van der Waals surface area contributed by atoms with Gasteiger partial charge in [-0.25, -0.2) is 5.43 Å². The topological polar surface area (TPSA) is 81.2 Å². The quantitative estimate of drug-likeness (QED) is 0.527. The van der Waals surface area contributed by atoms with Gasteiger partial charge >= 0.3 is 0 Å². The van der Waals surface area contributed by atoms with Gasteiger partial charge in [0.1, 0.15) is 18.1 Å². The minimum absolute atomic E-state index is 0.293. The SMILES string of the molecule is COc1ccc(C2=NNC(=O)/C2=C\Nc2cccc(OCc3ccccc3)c2)cc1OC. The molecule has 0 spiro atoms. The van der Waals surface area contributed by atoms with Crippen molar-refractivity contribution in [2.45, 2.75) is 6.61 Å². The maximum absolute atomic E-state index is 12.4. The van der Waals surface area contributed by atoms with Crippen LogP contribution in [0.1, 0.15) is 11.1 Å². The van der Waals surface area contributed by atoms with Gasteiger partial charge in [-0.15, -0.1) is 0 Å². The summed E-state index contributed by atoms with van der Waals surface area (Å²) in [4.78, 5) is 12.4. The van der Waals surface area contributed by atoms with E-state index in [0.717, 1.165) is 22.6 Å². The van der Waals surface area contributed by atoms with Crippen LogP contribution in [0.15, 0.2) is 89.7 Å². The fourth-order valence-corrected chi connectivity index (χ4v) is 3.24. The van der Waals surface area contributed by atoms with Crippen molar-refractivity contribution in [2.24, 2.45) is 5.10 Å². The smallest absolute Gasteiger partial charge is 0.275 e. The highest BCUT2D eigenvalue weighted by molar-refractivity contribution is 6.31. The molecule has 162 valence electrons. The molecule has 3 aromatic rings. The van der Waals surface area contributed by atoms with E-state index in [9.17, 15) is 4.79 Å². The van der Waals surface area contributed by atoms with Crippen molar-refractivity contribution in [2.75, 3.05) is 19.5 Å². The van der Waals surface area contributed by atoms with Crippen molar-refractivity contribution >= 4 is 17.3 Å². The summed E-state index contributed by atoms with van der Waals surface area (Å²) in [6.45, 7) is 0.476. The van der Waals surface area contributed by atoms with Crippen molar-refractivity contribution in [3.63, 3.8) is 0 Å². The standard InChI is InChI=1S/C25H23N3O4/c1-30-22-12-11-18(13-23(22)31-2)24-21(25(29)28-27-24)15-26-19-9-6-10-20(14-19)32-16-17-7-4-3-5-8-17/h3-15,26H,16H2,1-2H3,(H,28,29)/b21-15-. The van der Waals surface area contributed by atoms with E-state index in [1.165, 1.54) is 0 Å². The third kappa shape index (κ3) is 4.73. The molecule has 1 aliphatic rings. The molecular formula is C25H23N3O4. The minimum Gasteiger partial charge on any atom is -0.493 e. The van der Waals surface area contributed by atoms with Crippen LogP contribution in [0.2, 0.25) is 0 Å². The second kappa shape index (κ2) is 9.70. The van der Waals surface area contributed by atoms with Crippen molar-refractivity contribution in [3.8, 4) is 17.2 Å². The number of ether oxygens (including phenoxy) is 3. The summed E-state index contributed by atoms with van der Waals surface area (Å²) in [5.41, 5.74) is 6.04. The molecule has 0 atom stereocenters. The van der Waals surface area contributed by atoms with Gasteiger partial charge in [0, 0.05) is 23.5 Å². The average Bonchev–Trinajstić information content (AvgIpc) is 3.22. The third-order valence-electron chi connectivity index (χ3n) is 4.89. The van der Waals surface area contributed by atoms with E-state index in [-0.39, 0.29) is 5.91 Å². The Labute approximate surface area is 186 Å². The highest BCUT2D eigenvalue weighted by Crippen LogP contribution is 2.29. The van der Waals surface area contributed by atoms with Crippen molar-refractivity contribution < 1.29 is 19.0 Å². The number of hydrogen-bond donors (Lipinski definition) is 2. The van der Waals surface area contributed by atoms with E-state index in [1.54, 1.807) is 32.6 Å². The predicted octanol–water partition coefficient (Wildman–Crippen LogP) is 4.11. The average molecular weight is 429 g/mol. The number of hydrazone groups is 1. The zero-order chi connectivity index (χ0) is 22.3. The van der Waals surface area contributed by atoms with Gasteiger partial charge in [0.15, 0.2) is 11.5 Å². The Kier molecular flexibility index (Phi) is 6.36. The molecule has 1 amide bonds. The molecule has 1 aliphatic heterocycles. The summed E-state index contributed by atoms with van der Waals surface area (Å²) < 4.78 is 16.5. The summed E-state index contributed by atoms with van der Waals surface area (Å²) in [7, 11) is 3.13. The van der Waals surface area contributed by atoms with Crippen LogP contribution in [-0.2, 0) is 11.4 Å². The van der Waals surface area contributed by atoms with Crippen LogP contribution in [0.25, 0.3) is 0 Å². The molecule has 0 aromatic heterocycles. The van der Waals surface area contributed by atoms with Gasteiger partial charge in [0.2, 0.25) is 0 Å². The predicted molar refractivity (Wildman–Crippen MR) is 123 cm³/mol. The molecule has 0 saturated heterocycles. The third-order valence-corrected chi connectivity index (χ3v) is 4.89. The lowest BCUT2D eigenvalue weighted by Gasteiger charge is -2.10. The number of carbonyl (C=O) groups excluding carboxylic acids is 1. The molecule has 0 bridgehead atoms. The van der Waals surface area contributed by atoms with Crippen LogP contribution in [0.5, 0.6) is 17.2 Å². The molecule has 0 saturated carbocycles. The Bertz CT molecular complexity index is 1170. The van der Waals surface area contributed by atoms with E-state index < -0.39 is 0 Å². The number of nitrogens with zero attached hydrogens (tertiary/aromatic N) is 1. The number of methoxy groups -OCH3 is 2. The number of carbonyl (C=O) groups is 1. The summed E-state index contributed by atoms with van der Waals surface area (Å²) >= 11 is 0. The van der Waals surface area contributed by atoms with Gasteiger partial charge in [-0.2, -0.15) is 5.10 Å². The Morgan fingerprint density at radius 1 is 0.938 bits per heavy atom. The van der Waals surface area contributed by atoms with Crippen molar-refractivity contribution in [3.05, 3.63) is 95.7 Å². The first-order chi connectivity index (χ1) is 15.7. The van der Waals surface area contributed by atoms with Crippen LogP contribution in [0.4, 0.5) is 5.69 Å². The van der Waals surface area contributed by atoms with E-state index >= 15 is 0 Å². The van der Waals surface area contributed by atoms with Gasteiger partial charge < -0.3 is 19.5 Å². The van der Waals surface area contributed by atoms with Gasteiger partial charge in [0.05, 0.1) is 19.8 Å². The normalized spacial score (nSPS) is 14.0. The summed E-state index contributed by atoms with van der Waals surface area (Å²) in [6, 6.07) is 22.9. The molecule has 3 aromatic carbocycles. The highest BCUT2D eigenvalue weighted by Gasteiger charge is 2.25. The number of rotatable bonds is 8. The summed E-state index contributed by atoms with van der Waals surface area (Å²) in [6.07, 6.45) is 1.63. The number of nitrogens with one attached hydrogen (secondary N) is 2. The molecule has 2 N–H and O–H groups in total. The second-order valence-electron chi connectivity index (χ2n) is 6.98. The van der Waals surface area contributed by atoms with E-state index in [1.807, 2.05) is 60.7 Å². The Hall–Kier alpha value is -4.26. The number of benzene rings is 3. The zero-order valence-corrected chi connectivity index (χ0v) is 17.8. The lowest BCUT2D eigenvalue weighted by atomic mass is 10.0. The summed E-state index contributed by atoms with van der Waals surface area (Å²) in [5.74, 6) is 1.59. The minimum atomic E-state index is -0.293. The van der Waals surface area contributed by atoms with Gasteiger partial charge in [-0.3, -0.25) is 4.79 Å². The molecule has 1 heterocycles. The van der Waals surface area contributed by atoms with Gasteiger partial charge in [0.25, 0.3) is 5.91 Å². The lowest BCUT2D eigenvalue weighted by molar-refractivity contribution is -0.116. The Morgan fingerprint density at radius 3 is 2.53 bits per heavy atom. The molecule has 32 heavy (non-hydrogen) atoms. The van der Waals surface area contributed by atoms with Crippen LogP contribution in [0, 0.1) is 0 Å². The molecule has 0 aliphatic carbocycles. The van der Waals surface area contributed by atoms with Crippen LogP contribution in [-0.4, -0.2) is 25.8 Å². The first kappa shape index (κ1) is 21.0. The maximum Gasteiger partial charge on any atom is 0.275 e. The highest BCUT2D eigenvalue weighted by atomic mass is 16.5. The first-order valence-electron chi connectivity index (χ1n) is 10.0. The zero-order valence-electron chi connectivity index (χ0n) is 17.8. The van der Waals surface area contributed by atoms with Crippen LogP contribution in [0.3, 0.4) is 0 Å². The fourth-order valence-electron chi connectivity index (χ4n) is 3.24. The lowest BCUT2D eigenvalue weighted by Crippen LogP contribution is -2.15. The largest absolute Gasteiger partial charge is 0.493 e. The molecule has 7 heteroatoms. The van der Waals surface area contributed by atoms with E-state index in [0.29, 0.717) is 29.4 Å².